The molecule has 5 heterocycles. The van der Waals surface area contributed by atoms with E-state index in [4.69, 9.17) is 5.84 Å². The Labute approximate surface area is 280 Å². The van der Waals surface area contributed by atoms with E-state index in [2.05, 4.69) is 59.0 Å². The normalized spacial score (nSPS) is 53.9. The molecule has 9 rings (SSSR count). The van der Waals surface area contributed by atoms with Crippen LogP contribution < -0.4 is 59.0 Å². The molecule has 4 saturated carbocycles. The van der Waals surface area contributed by atoms with Crippen molar-refractivity contribution in [3.63, 3.8) is 0 Å². The molecule has 257 valence electrons. The summed E-state index contributed by atoms with van der Waals surface area (Å²) in [5.74, 6) is 12.6. The van der Waals surface area contributed by atoms with Crippen LogP contribution in [-0.4, -0.2) is 55.4 Å². The summed E-state index contributed by atoms with van der Waals surface area (Å²) in [7, 11) is 0. The van der Waals surface area contributed by atoms with E-state index in [1.807, 2.05) is 0 Å². The van der Waals surface area contributed by atoms with E-state index in [0.717, 1.165) is 6.42 Å². The summed E-state index contributed by atoms with van der Waals surface area (Å²) in [5, 5.41) is 33.6. The summed E-state index contributed by atoms with van der Waals surface area (Å²) in [6, 6.07) is 0.305. The number of hydrazine groups is 2. The summed E-state index contributed by atoms with van der Waals surface area (Å²) in [4.78, 5) is 0. The predicted octanol–water partition coefficient (Wildman–Crippen LogP) is 1.15. The van der Waals surface area contributed by atoms with Crippen LogP contribution in [0, 0.1) is 47.3 Å². The second-order valence-corrected chi connectivity index (χ2v) is 16.2. The maximum Gasteiger partial charge on any atom is 0.0644 e. The zero-order chi connectivity index (χ0) is 29.2. The van der Waals surface area contributed by atoms with Gasteiger partial charge in [0.1, 0.15) is 0 Å². The molecule has 1 radical (unpaired) electrons. The molecular weight excluding hydrogens is 611 g/mol. The number of fused-ring (bicyclic) bond motifs is 20. The summed E-state index contributed by atoms with van der Waals surface area (Å²) >= 11 is 0. The molecule has 9 aliphatic rings. The Morgan fingerprint density at radius 1 is 0.378 bits per heavy atom. The van der Waals surface area contributed by atoms with Crippen LogP contribution in [0.15, 0.2) is 0 Å². The summed E-state index contributed by atoms with van der Waals surface area (Å²) in [6.07, 6.45) is 22.3. The van der Waals surface area contributed by atoms with Crippen LogP contribution in [0.1, 0.15) is 96.3 Å². The molecule has 5 aliphatic heterocycles. The fourth-order valence-electron chi connectivity index (χ4n) is 12.4. The van der Waals surface area contributed by atoms with Gasteiger partial charge in [-0.3, -0.25) is 42.5 Å². The first-order valence-corrected chi connectivity index (χ1v) is 18.8. The molecule has 0 aromatic carbocycles. The molecule has 8 bridgehead atoms. The molecule has 17 atom stereocenters. The fourth-order valence-corrected chi connectivity index (χ4v) is 12.4. The molecule has 45 heavy (non-hydrogen) atoms. The van der Waals surface area contributed by atoms with Gasteiger partial charge in [0, 0.05) is 28.7 Å². The van der Waals surface area contributed by atoms with E-state index in [0.29, 0.717) is 90.4 Å². The van der Waals surface area contributed by atoms with Gasteiger partial charge >= 0.3 is 0 Å². The van der Waals surface area contributed by atoms with E-state index in [1.165, 1.54) is 89.9 Å². The molecule has 0 spiro atoms. The third kappa shape index (κ3) is 5.88. The van der Waals surface area contributed by atoms with Crippen LogP contribution in [0.2, 0.25) is 0 Å². The molecule has 9 fully saturated rings. The van der Waals surface area contributed by atoms with Crippen LogP contribution in [0.4, 0.5) is 0 Å². The maximum absolute atomic E-state index is 7.51. The molecule has 4 aliphatic carbocycles. The molecule has 13 heteroatoms. The van der Waals surface area contributed by atoms with E-state index in [9.17, 15) is 0 Å². The standard InChI is InChI=1S/C32H59N12.Co/c33-43-44-42-23-15-7-14-22-24(23)32-40-30-21-13-6-5-12-20(21)28(38-30)36-26-17-9-2-1-8-16(17)25(34-26)35-27-18-10-3-4-11-19(18)29(37-27)39-31(22)41-32;/h16-44H,1-15H2;/q-1;. The van der Waals surface area contributed by atoms with Gasteiger partial charge in [-0.2, -0.15) is 0 Å². The van der Waals surface area contributed by atoms with Gasteiger partial charge in [-0.15, -0.1) is 0 Å². The number of hydrogen-bond donors (Lipinski definition) is 11. The van der Waals surface area contributed by atoms with Crippen molar-refractivity contribution < 1.29 is 16.8 Å². The van der Waals surface area contributed by atoms with Gasteiger partial charge in [-0.05, 0) is 92.8 Å². The first-order valence-electron chi connectivity index (χ1n) is 18.8. The monoisotopic (exact) mass is 670 g/mol. The van der Waals surface area contributed by atoms with Gasteiger partial charge in [0.25, 0.3) is 0 Å². The van der Waals surface area contributed by atoms with Crippen molar-refractivity contribution in [2.75, 3.05) is 0 Å². The Morgan fingerprint density at radius 2 is 0.689 bits per heavy atom. The summed E-state index contributed by atoms with van der Waals surface area (Å²) in [5.41, 5.74) is 8.80. The van der Waals surface area contributed by atoms with Crippen LogP contribution in [0.5, 0.6) is 0 Å². The average Bonchev–Trinajstić information content (AvgIpc) is 3.79. The van der Waals surface area contributed by atoms with Gasteiger partial charge in [-0.1, -0.05) is 44.9 Å². The summed E-state index contributed by atoms with van der Waals surface area (Å²) < 4.78 is 0. The number of hydrogen-bond acceptors (Lipinski definition) is 11. The quantitative estimate of drug-likeness (QED) is 0.196. The average molecular weight is 671 g/mol. The molecule has 0 aromatic rings. The molecule has 17 unspecified atom stereocenters. The number of nitrogens with one attached hydrogen (secondary N) is 12. The topological polar surface area (TPSA) is 156 Å². The Hall–Kier alpha value is 0.0265. The minimum atomic E-state index is 0. The van der Waals surface area contributed by atoms with E-state index < -0.39 is 0 Å². The second kappa shape index (κ2) is 13.7. The van der Waals surface area contributed by atoms with Gasteiger partial charge in [-0.25, -0.2) is 11.0 Å². The maximum atomic E-state index is 7.51. The van der Waals surface area contributed by atoms with Crippen LogP contribution in [0.25, 0.3) is 5.84 Å². The largest absolute Gasteiger partial charge is 0.597 e. The van der Waals surface area contributed by atoms with Crippen molar-refractivity contribution in [3.05, 3.63) is 5.84 Å². The van der Waals surface area contributed by atoms with E-state index in [1.54, 1.807) is 0 Å². The van der Waals surface area contributed by atoms with Crippen LogP contribution in [0.3, 0.4) is 0 Å². The third-order valence-corrected chi connectivity index (χ3v) is 14.2. The smallest absolute Gasteiger partial charge is 0.0644 e. The zero-order valence-corrected chi connectivity index (χ0v) is 27.8. The molecule has 5 saturated heterocycles. The summed E-state index contributed by atoms with van der Waals surface area (Å²) in [6.45, 7) is 0. The molecular formula is C32H59CoN12-. The third-order valence-electron chi connectivity index (χ3n) is 14.2. The second-order valence-electron chi connectivity index (χ2n) is 16.2. The molecule has 0 amide bonds. The van der Waals surface area contributed by atoms with Gasteiger partial charge in [0.15, 0.2) is 0 Å². The Morgan fingerprint density at radius 3 is 1.04 bits per heavy atom. The molecule has 12 N–H and O–H groups in total. The molecule has 0 aromatic heterocycles. The predicted molar refractivity (Wildman–Crippen MR) is 170 cm³/mol. The van der Waals surface area contributed by atoms with Crippen molar-refractivity contribution in [2.45, 2.75) is 152 Å². The van der Waals surface area contributed by atoms with Crippen molar-refractivity contribution in [1.82, 2.24) is 59.0 Å². The van der Waals surface area contributed by atoms with E-state index >= 15 is 0 Å². The van der Waals surface area contributed by atoms with Crippen molar-refractivity contribution >= 4 is 0 Å². The van der Waals surface area contributed by atoms with Crippen molar-refractivity contribution in [3.8, 4) is 0 Å². The van der Waals surface area contributed by atoms with Gasteiger partial charge < -0.3 is 11.4 Å². The first-order chi connectivity index (χ1) is 21.7. The van der Waals surface area contributed by atoms with E-state index in [-0.39, 0.29) is 29.1 Å². The minimum absolute atomic E-state index is 0. The first kappa shape index (κ1) is 32.2. The SMILES string of the molecule is [Co].[NH-]NNNC1CCCC2C3NC4NC(NC5NC(NC6NC(NC(N3)C12)C1CCCCC61)C1CCCCC51)C1CCCCC41. The zero-order valence-electron chi connectivity index (χ0n) is 26.8. The van der Waals surface area contributed by atoms with Crippen LogP contribution in [-0.2, 0) is 16.8 Å². The van der Waals surface area contributed by atoms with Gasteiger partial charge in [0.05, 0.1) is 49.3 Å². The van der Waals surface area contributed by atoms with Gasteiger partial charge in [0.2, 0.25) is 0 Å². The van der Waals surface area contributed by atoms with Crippen molar-refractivity contribution in [1.29, 1.82) is 0 Å². The number of rotatable bonds is 3. The van der Waals surface area contributed by atoms with Crippen LogP contribution >= 0.6 is 0 Å². The van der Waals surface area contributed by atoms with Crippen molar-refractivity contribution in [2.24, 2.45) is 47.3 Å². The Bertz CT molecular complexity index is 1010. The Kier molecular flexibility index (Phi) is 9.84. The fraction of sp³-hybridized carbons (Fsp3) is 1.00. The minimum Gasteiger partial charge on any atom is -0.597 e. The molecule has 12 nitrogen and oxygen atoms in total. The Balaban J connectivity index is 0.00000300.